The van der Waals surface area contributed by atoms with Crippen molar-refractivity contribution in [2.24, 2.45) is 0 Å². The highest BCUT2D eigenvalue weighted by Gasteiger charge is 2.33. The van der Waals surface area contributed by atoms with Gasteiger partial charge in [-0.05, 0) is 35.9 Å². The zero-order chi connectivity index (χ0) is 15.7. The minimum Gasteiger partial charge on any atom is -0.508 e. The molecule has 4 nitrogen and oxygen atoms in total. The van der Waals surface area contributed by atoms with E-state index in [9.17, 15) is 15.0 Å². The first-order valence-electron chi connectivity index (χ1n) is 6.40. The Labute approximate surface area is 136 Å². The molecular weight excluding hydrogens is 318 g/mol. The van der Waals surface area contributed by atoms with Gasteiger partial charge < -0.3 is 10.2 Å². The van der Waals surface area contributed by atoms with Gasteiger partial charge in [-0.1, -0.05) is 42.2 Å². The van der Waals surface area contributed by atoms with Gasteiger partial charge in [0.25, 0.3) is 5.91 Å². The zero-order valence-electron chi connectivity index (χ0n) is 11.3. The van der Waals surface area contributed by atoms with Crippen LogP contribution in [0.2, 0.25) is 0 Å². The Kier molecular flexibility index (Phi) is 3.87. The Balaban J connectivity index is 1.93. The van der Waals surface area contributed by atoms with Crippen LogP contribution >= 0.6 is 24.0 Å². The quantitative estimate of drug-likeness (QED) is 0.652. The van der Waals surface area contributed by atoms with Gasteiger partial charge in [0.15, 0.2) is 4.32 Å². The first-order chi connectivity index (χ1) is 10.5. The van der Waals surface area contributed by atoms with Crippen molar-refractivity contribution < 1.29 is 15.0 Å². The van der Waals surface area contributed by atoms with Crippen LogP contribution in [0.5, 0.6) is 11.5 Å². The number of thioether (sulfide) groups is 1. The third-order valence-corrected chi connectivity index (χ3v) is 4.37. The Morgan fingerprint density at radius 1 is 1.05 bits per heavy atom. The summed E-state index contributed by atoms with van der Waals surface area (Å²) in [6.07, 6.45) is 1.72. The first kappa shape index (κ1) is 14.6. The fraction of sp³-hybridized carbons (Fsp3) is 0. The van der Waals surface area contributed by atoms with Crippen LogP contribution in [0.3, 0.4) is 0 Å². The second-order valence-corrected chi connectivity index (χ2v) is 6.30. The third-order valence-electron chi connectivity index (χ3n) is 3.07. The maximum Gasteiger partial charge on any atom is 0.270 e. The summed E-state index contributed by atoms with van der Waals surface area (Å²) >= 11 is 6.47. The van der Waals surface area contributed by atoms with Crippen molar-refractivity contribution in [3.8, 4) is 11.5 Å². The Hall–Kier alpha value is -2.31. The number of aromatic hydroxyl groups is 2. The molecule has 2 aromatic rings. The largest absolute Gasteiger partial charge is 0.508 e. The normalized spacial score (nSPS) is 16.5. The van der Waals surface area contributed by atoms with Gasteiger partial charge in [0.2, 0.25) is 0 Å². The molecule has 1 fully saturated rings. The molecule has 6 heteroatoms. The number of rotatable bonds is 2. The molecule has 2 aromatic carbocycles. The molecule has 1 aliphatic heterocycles. The minimum absolute atomic E-state index is 0.0778. The lowest BCUT2D eigenvalue weighted by Gasteiger charge is -2.14. The molecule has 3 rings (SSSR count). The van der Waals surface area contributed by atoms with E-state index in [-0.39, 0.29) is 17.4 Å². The first-order valence-corrected chi connectivity index (χ1v) is 7.63. The molecule has 2 N–H and O–H groups in total. The average molecular weight is 329 g/mol. The lowest BCUT2D eigenvalue weighted by Crippen LogP contribution is -2.27. The molecule has 1 aliphatic rings. The van der Waals surface area contributed by atoms with E-state index in [0.29, 0.717) is 14.9 Å². The van der Waals surface area contributed by atoms with Gasteiger partial charge in [-0.3, -0.25) is 9.69 Å². The third kappa shape index (κ3) is 2.84. The molecule has 1 heterocycles. The molecule has 22 heavy (non-hydrogen) atoms. The van der Waals surface area contributed by atoms with E-state index in [4.69, 9.17) is 12.2 Å². The van der Waals surface area contributed by atoms with Crippen molar-refractivity contribution in [1.29, 1.82) is 0 Å². The monoisotopic (exact) mass is 329 g/mol. The predicted molar refractivity (Wildman–Crippen MR) is 91.9 cm³/mol. The number of carbonyl (C=O) groups excluding carboxylic acids is 1. The summed E-state index contributed by atoms with van der Waals surface area (Å²) in [5, 5.41) is 18.8. The van der Waals surface area contributed by atoms with E-state index in [1.165, 1.54) is 28.8 Å². The number of thiocarbonyl (C=S) groups is 1. The molecule has 0 aliphatic carbocycles. The average Bonchev–Trinajstić information content (AvgIpc) is 2.76. The maximum atomic E-state index is 12.5. The fourth-order valence-electron chi connectivity index (χ4n) is 2.04. The SMILES string of the molecule is O=C1/C(=C/c2ccc(O)cc2)SC(=S)N1c1cccc(O)c1. The number of amides is 1. The van der Waals surface area contributed by atoms with Crippen molar-refractivity contribution in [2.75, 3.05) is 4.90 Å². The van der Waals surface area contributed by atoms with Gasteiger partial charge in [0.05, 0.1) is 10.6 Å². The van der Waals surface area contributed by atoms with Gasteiger partial charge in [-0.2, -0.15) is 0 Å². The topological polar surface area (TPSA) is 60.8 Å². The highest BCUT2D eigenvalue weighted by molar-refractivity contribution is 8.27. The second-order valence-electron chi connectivity index (χ2n) is 4.63. The number of benzene rings is 2. The lowest BCUT2D eigenvalue weighted by molar-refractivity contribution is -0.113. The van der Waals surface area contributed by atoms with Gasteiger partial charge in [-0.25, -0.2) is 0 Å². The van der Waals surface area contributed by atoms with Crippen LogP contribution in [-0.2, 0) is 4.79 Å². The van der Waals surface area contributed by atoms with Crippen molar-refractivity contribution in [2.45, 2.75) is 0 Å². The van der Waals surface area contributed by atoms with Crippen LogP contribution in [0.4, 0.5) is 5.69 Å². The van der Waals surface area contributed by atoms with E-state index in [2.05, 4.69) is 0 Å². The van der Waals surface area contributed by atoms with Crippen LogP contribution < -0.4 is 4.90 Å². The summed E-state index contributed by atoms with van der Waals surface area (Å²) in [6.45, 7) is 0. The summed E-state index contributed by atoms with van der Waals surface area (Å²) in [6, 6.07) is 13.0. The highest BCUT2D eigenvalue weighted by Crippen LogP contribution is 2.36. The van der Waals surface area contributed by atoms with E-state index in [0.717, 1.165) is 5.56 Å². The minimum atomic E-state index is -0.228. The molecule has 110 valence electrons. The summed E-state index contributed by atoms with van der Waals surface area (Å²) in [5.41, 5.74) is 1.34. The van der Waals surface area contributed by atoms with Crippen molar-refractivity contribution in [1.82, 2.24) is 0 Å². The van der Waals surface area contributed by atoms with Crippen LogP contribution in [-0.4, -0.2) is 20.4 Å². The van der Waals surface area contributed by atoms with Crippen LogP contribution in [0.15, 0.2) is 53.4 Å². The number of nitrogens with zero attached hydrogens (tertiary/aromatic N) is 1. The summed E-state index contributed by atoms with van der Waals surface area (Å²) in [7, 11) is 0. The summed E-state index contributed by atoms with van der Waals surface area (Å²) in [5.74, 6) is 0.0206. The molecule has 0 saturated carbocycles. The van der Waals surface area contributed by atoms with Crippen LogP contribution in [0.1, 0.15) is 5.56 Å². The summed E-state index contributed by atoms with van der Waals surface area (Å²) < 4.78 is 0.417. The molecule has 0 aromatic heterocycles. The number of hydrogen-bond acceptors (Lipinski definition) is 5. The van der Waals surface area contributed by atoms with Crippen molar-refractivity contribution in [3.05, 3.63) is 59.0 Å². The van der Waals surface area contributed by atoms with Gasteiger partial charge >= 0.3 is 0 Å². The smallest absolute Gasteiger partial charge is 0.270 e. The molecule has 1 saturated heterocycles. The number of phenolic OH excluding ortho intramolecular Hbond substituents is 2. The van der Waals surface area contributed by atoms with E-state index in [1.807, 2.05) is 0 Å². The molecule has 0 radical (unpaired) electrons. The maximum absolute atomic E-state index is 12.5. The van der Waals surface area contributed by atoms with E-state index < -0.39 is 0 Å². The summed E-state index contributed by atoms with van der Waals surface area (Å²) in [4.78, 5) is 14.4. The number of anilines is 1. The molecule has 0 atom stereocenters. The molecule has 1 amide bonds. The molecule has 0 spiro atoms. The number of phenols is 2. The van der Waals surface area contributed by atoms with Crippen molar-refractivity contribution in [3.63, 3.8) is 0 Å². The molecular formula is C16H11NO3S2. The second kappa shape index (κ2) is 5.82. The van der Waals surface area contributed by atoms with Crippen LogP contribution in [0.25, 0.3) is 6.08 Å². The van der Waals surface area contributed by atoms with E-state index >= 15 is 0 Å². The Morgan fingerprint density at radius 3 is 2.45 bits per heavy atom. The Morgan fingerprint density at radius 2 is 1.77 bits per heavy atom. The highest BCUT2D eigenvalue weighted by atomic mass is 32.2. The standard InChI is InChI=1S/C16H11NO3S2/c18-12-6-4-10(5-7-12)8-14-15(20)17(16(21)22-14)11-2-1-3-13(19)9-11/h1-9,18-19H/b14-8-. The van der Waals surface area contributed by atoms with Gasteiger partial charge in [0.1, 0.15) is 11.5 Å². The van der Waals surface area contributed by atoms with E-state index in [1.54, 1.807) is 42.5 Å². The molecule has 0 unspecified atom stereocenters. The predicted octanol–water partition coefficient (Wildman–Crippen LogP) is 3.50. The van der Waals surface area contributed by atoms with Gasteiger partial charge in [0, 0.05) is 6.07 Å². The Bertz CT molecular complexity index is 784. The fourth-order valence-corrected chi connectivity index (χ4v) is 3.34. The number of hydrogen-bond donors (Lipinski definition) is 2. The lowest BCUT2D eigenvalue weighted by atomic mass is 10.2. The van der Waals surface area contributed by atoms with Crippen molar-refractivity contribution >= 4 is 46.0 Å². The van der Waals surface area contributed by atoms with Crippen LogP contribution in [0, 0.1) is 0 Å². The van der Waals surface area contributed by atoms with Gasteiger partial charge in [-0.15, -0.1) is 0 Å². The molecule has 0 bridgehead atoms. The zero-order valence-corrected chi connectivity index (χ0v) is 12.9. The number of carbonyl (C=O) groups is 1.